The lowest BCUT2D eigenvalue weighted by Crippen LogP contribution is -2.14. The average Bonchev–Trinajstić information content (AvgIpc) is 3.31. The van der Waals surface area contributed by atoms with Crippen LogP contribution >= 0.6 is 34.4 Å². The Morgan fingerprint density at radius 1 is 1.20 bits per heavy atom. The second kappa shape index (κ2) is 6.95. The molecule has 3 aromatic heterocycles. The summed E-state index contributed by atoms with van der Waals surface area (Å²) < 4.78 is 1.99. The Balaban J connectivity index is 1.52. The molecule has 0 fully saturated rings. The zero-order valence-corrected chi connectivity index (χ0v) is 15.6. The van der Waals surface area contributed by atoms with E-state index in [9.17, 15) is 4.79 Å². The van der Waals surface area contributed by atoms with Crippen LogP contribution in [0.25, 0.3) is 16.2 Å². The fraction of sp³-hybridized carbons (Fsp3) is 0.125. The molecule has 0 bridgehead atoms. The standard InChI is InChI=1S/C16H13N5OS3/c1-10-7-23-14(17-10)18-13(22)9-25-16-20-19-15-21(16)12(8-24-15)11-5-3-2-4-6-11/h2-8H,9H2,1H3,(H,17,18,22). The van der Waals surface area contributed by atoms with Crippen LogP contribution in [0.15, 0.2) is 46.2 Å². The lowest BCUT2D eigenvalue weighted by Gasteiger charge is -2.03. The van der Waals surface area contributed by atoms with E-state index in [2.05, 4.69) is 25.9 Å². The van der Waals surface area contributed by atoms with Crippen LogP contribution in [-0.4, -0.2) is 31.2 Å². The Kier molecular flexibility index (Phi) is 4.51. The van der Waals surface area contributed by atoms with Gasteiger partial charge in [-0.25, -0.2) is 4.98 Å². The summed E-state index contributed by atoms with van der Waals surface area (Å²) >= 11 is 4.32. The van der Waals surface area contributed by atoms with Crippen molar-refractivity contribution < 1.29 is 4.79 Å². The predicted octanol–water partition coefficient (Wildman–Crippen LogP) is 3.95. The van der Waals surface area contributed by atoms with E-state index < -0.39 is 0 Å². The van der Waals surface area contributed by atoms with Gasteiger partial charge in [0.05, 0.1) is 17.1 Å². The van der Waals surface area contributed by atoms with Crippen LogP contribution in [0.2, 0.25) is 0 Å². The van der Waals surface area contributed by atoms with Gasteiger partial charge in [0, 0.05) is 10.8 Å². The summed E-state index contributed by atoms with van der Waals surface area (Å²) in [5.74, 6) is 0.149. The fourth-order valence-corrected chi connectivity index (χ4v) is 4.64. The van der Waals surface area contributed by atoms with Crippen molar-refractivity contribution in [1.82, 2.24) is 19.6 Å². The second-order valence-electron chi connectivity index (χ2n) is 5.22. The maximum absolute atomic E-state index is 12.1. The summed E-state index contributed by atoms with van der Waals surface area (Å²) in [5.41, 5.74) is 3.03. The second-order valence-corrected chi connectivity index (χ2v) is 7.86. The van der Waals surface area contributed by atoms with E-state index in [-0.39, 0.29) is 11.7 Å². The first-order valence-corrected chi connectivity index (χ1v) is 10.2. The molecule has 0 radical (unpaired) electrons. The maximum Gasteiger partial charge on any atom is 0.236 e. The number of nitrogens with one attached hydrogen (secondary N) is 1. The molecule has 0 aliphatic carbocycles. The zero-order chi connectivity index (χ0) is 17.2. The van der Waals surface area contributed by atoms with Gasteiger partial charge >= 0.3 is 0 Å². The third kappa shape index (κ3) is 3.44. The van der Waals surface area contributed by atoms with E-state index in [0.29, 0.717) is 10.3 Å². The summed E-state index contributed by atoms with van der Waals surface area (Å²) in [6.45, 7) is 1.90. The lowest BCUT2D eigenvalue weighted by molar-refractivity contribution is -0.113. The molecule has 126 valence electrons. The molecule has 0 saturated carbocycles. The molecule has 3 heterocycles. The highest BCUT2D eigenvalue weighted by Gasteiger charge is 2.15. The molecule has 0 aliphatic heterocycles. The van der Waals surface area contributed by atoms with E-state index >= 15 is 0 Å². The number of thiazole rings is 2. The van der Waals surface area contributed by atoms with Crippen LogP contribution in [0.3, 0.4) is 0 Å². The summed E-state index contributed by atoms with van der Waals surface area (Å²) in [4.78, 5) is 17.2. The summed E-state index contributed by atoms with van der Waals surface area (Å²) in [5, 5.41) is 16.5. The number of benzene rings is 1. The zero-order valence-electron chi connectivity index (χ0n) is 13.2. The minimum Gasteiger partial charge on any atom is -0.301 e. The molecular weight excluding hydrogens is 374 g/mol. The van der Waals surface area contributed by atoms with Crippen molar-refractivity contribution in [3.05, 3.63) is 46.8 Å². The molecule has 1 N–H and O–H groups in total. The van der Waals surface area contributed by atoms with Crippen LogP contribution in [0, 0.1) is 6.92 Å². The molecule has 4 rings (SSSR count). The monoisotopic (exact) mass is 387 g/mol. The molecule has 9 heteroatoms. The predicted molar refractivity (Wildman–Crippen MR) is 103 cm³/mol. The molecule has 4 aromatic rings. The van der Waals surface area contributed by atoms with Gasteiger partial charge in [0.25, 0.3) is 0 Å². The van der Waals surface area contributed by atoms with Gasteiger partial charge in [0.15, 0.2) is 10.3 Å². The van der Waals surface area contributed by atoms with Gasteiger partial charge in [-0.05, 0) is 12.5 Å². The Morgan fingerprint density at radius 2 is 2.04 bits per heavy atom. The molecule has 1 aromatic carbocycles. The number of hydrogen-bond donors (Lipinski definition) is 1. The first-order chi connectivity index (χ1) is 12.2. The summed E-state index contributed by atoms with van der Waals surface area (Å²) in [6.07, 6.45) is 0. The quantitative estimate of drug-likeness (QED) is 0.525. The van der Waals surface area contributed by atoms with E-state index in [4.69, 9.17) is 0 Å². The van der Waals surface area contributed by atoms with Crippen LogP contribution < -0.4 is 5.32 Å². The molecule has 0 saturated heterocycles. The molecular formula is C16H13N5OS3. The van der Waals surface area contributed by atoms with Crippen molar-refractivity contribution in [3.63, 3.8) is 0 Å². The number of hydrogen-bond acceptors (Lipinski definition) is 7. The molecule has 0 aliphatic rings. The number of amides is 1. The van der Waals surface area contributed by atoms with E-state index in [0.717, 1.165) is 21.9 Å². The van der Waals surface area contributed by atoms with Gasteiger partial charge < -0.3 is 5.32 Å². The van der Waals surface area contributed by atoms with E-state index in [1.165, 1.54) is 34.4 Å². The Morgan fingerprint density at radius 3 is 2.80 bits per heavy atom. The minimum absolute atomic E-state index is 0.104. The Bertz CT molecular complexity index is 1020. The minimum atomic E-state index is -0.104. The number of aromatic nitrogens is 4. The summed E-state index contributed by atoms with van der Waals surface area (Å²) in [7, 11) is 0. The van der Waals surface area contributed by atoms with Gasteiger partial charge in [0.1, 0.15) is 0 Å². The smallest absolute Gasteiger partial charge is 0.236 e. The molecule has 0 spiro atoms. The number of nitrogens with zero attached hydrogens (tertiary/aromatic N) is 4. The molecule has 25 heavy (non-hydrogen) atoms. The normalized spacial score (nSPS) is 11.1. The SMILES string of the molecule is Cc1csc(NC(=O)CSc2nnc3scc(-c4ccccc4)n23)n1. The number of carbonyl (C=O) groups is 1. The third-order valence-electron chi connectivity index (χ3n) is 3.39. The summed E-state index contributed by atoms with van der Waals surface area (Å²) in [6, 6.07) is 10.1. The molecule has 1 amide bonds. The van der Waals surface area contributed by atoms with Crippen LogP contribution in [0.4, 0.5) is 5.13 Å². The topological polar surface area (TPSA) is 72.2 Å². The maximum atomic E-state index is 12.1. The fourth-order valence-electron chi connectivity index (χ4n) is 2.30. The Labute approximate surface area is 156 Å². The van der Waals surface area contributed by atoms with E-state index in [1.54, 1.807) is 0 Å². The molecule has 0 atom stereocenters. The Hall–Kier alpha value is -2.23. The van der Waals surface area contributed by atoms with Gasteiger partial charge in [-0.2, -0.15) is 0 Å². The van der Waals surface area contributed by atoms with Crippen molar-refractivity contribution in [2.24, 2.45) is 0 Å². The van der Waals surface area contributed by atoms with Gasteiger partial charge in [-0.1, -0.05) is 42.1 Å². The average molecular weight is 388 g/mol. The van der Waals surface area contributed by atoms with E-state index in [1.807, 2.05) is 47.0 Å². The van der Waals surface area contributed by atoms with Gasteiger partial charge in [0.2, 0.25) is 10.9 Å². The molecule has 6 nitrogen and oxygen atoms in total. The largest absolute Gasteiger partial charge is 0.301 e. The van der Waals surface area contributed by atoms with Crippen molar-refractivity contribution in [3.8, 4) is 11.3 Å². The highest BCUT2D eigenvalue weighted by molar-refractivity contribution is 7.99. The van der Waals surface area contributed by atoms with Crippen molar-refractivity contribution in [1.29, 1.82) is 0 Å². The van der Waals surface area contributed by atoms with Crippen LogP contribution in [-0.2, 0) is 4.79 Å². The van der Waals surface area contributed by atoms with Gasteiger partial charge in [-0.3, -0.25) is 9.20 Å². The van der Waals surface area contributed by atoms with Crippen molar-refractivity contribution in [2.45, 2.75) is 12.1 Å². The van der Waals surface area contributed by atoms with Crippen molar-refractivity contribution >= 4 is 50.4 Å². The number of fused-ring (bicyclic) bond motifs is 1. The highest BCUT2D eigenvalue weighted by atomic mass is 32.2. The number of anilines is 1. The first kappa shape index (κ1) is 16.2. The van der Waals surface area contributed by atoms with Crippen LogP contribution in [0.1, 0.15) is 5.69 Å². The lowest BCUT2D eigenvalue weighted by atomic mass is 10.2. The number of carbonyl (C=O) groups excluding carboxylic acids is 1. The first-order valence-electron chi connectivity index (χ1n) is 7.43. The van der Waals surface area contributed by atoms with Gasteiger partial charge in [-0.15, -0.1) is 32.9 Å². The molecule has 0 unspecified atom stereocenters. The van der Waals surface area contributed by atoms with Crippen molar-refractivity contribution in [2.75, 3.05) is 11.1 Å². The number of aryl methyl sites for hydroxylation is 1. The number of thioether (sulfide) groups is 1. The third-order valence-corrected chi connectivity index (χ3v) is 6.01. The highest BCUT2D eigenvalue weighted by Crippen LogP contribution is 2.29. The van der Waals surface area contributed by atoms with Crippen LogP contribution in [0.5, 0.6) is 0 Å². The number of rotatable bonds is 5.